The van der Waals surface area contributed by atoms with Gasteiger partial charge >= 0.3 is 0 Å². The van der Waals surface area contributed by atoms with Gasteiger partial charge < -0.3 is 20.7 Å². The summed E-state index contributed by atoms with van der Waals surface area (Å²) in [6.07, 6.45) is -3.02. The topological polar surface area (TPSA) is 92.8 Å². The second-order valence-electron chi connectivity index (χ2n) is 3.50. The largest absolute Gasteiger partial charge is 0.496 e. The highest BCUT2D eigenvalue weighted by atomic mass is 35.5. The third-order valence-electron chi connectivity index (χ3n) is 2.38. The molecule has 0 saturated carbocycles. The Morgan fingerprint density at radius 1 is 1.53 bits per heavy atom. The highest BCUT2D eigenvalue weighted by Crippen LogP contribution is 2.26. The van der Waals surface area contributed by atoms with Crippen molar-refractivity contribution in [2.45, 2.75) is 18.1 Å². The molecule has 0 fully saturated rings. The van der Waals surface area contributed by atoms with Crippen LogP contribution < -0.4 is 10.5 Å². The SMILES string of the molecule is COc1ccc(C(O)C(O)C(N)=O)cc1CCl. The van der Waals surface area contributed by atoms with E-state index in [1.54, 1.807) is 12.1 Å². The van der Waals surface area contributed by atoms with Crippen LogP contribution in [0.15, 0.2) is 18.2 Å². The average molecular weight is 260 g/mol. The van der Waals surface area contributed by atoms with E-state index >= 15 is 0 Å². The van der Waals surface area contributed by atoms with Gasteiger partial charge in [0.15, 0.2) is 6.10 Å². The lowest BCUT2D eigenvalue weighted by Crippen LogP contribution is -2.33. The van der Waals surface area contributed by atoms with Crippen molar-refractivity contribution in [2.24, 2.45) is 5.73 Å². The summed E-state index contributed by atoms with van der Waals surface area (Å²) in [5.41, 5.74) is 5.91. The summed E-state index contributed by atoms with van der Waals surface area (Å²) >= 11 is 5.71. The van der Waals surface area contributed by atoms with E-state index in [0.29, 0.717) is 16.9 Å². The van der Waals surface area contributed by atoms with Gasteiger partial charge in [0.05, 0.1) is 13.0 Å². The minimum Gasteiger partial charge on any atom is -0.496 e. The number of halogens is 1. The first-order chi connectivity index (χ1) is 8.01. The van der Waals surface area contributed by atoms with Crippen LogP contribution in [0.2, 0.25) is 0 Å². The van der Waals surface area contributed by atoms with E-state index < -0.39 is 18.1 Å². The predicted octanol–water partition coefficient (Wildman–Crippen LogP) is 0.314. The van der Waals surface area contributed by atoms with Crippen molar-refractivity contribution in [1.29, 1.82) is 0 Å². The van der Waals surface area contributed by atoms with Gasteiger partial charge in [-0.15, -0.1) is 11.6 Å². The van der Waals surface area contributed by atoms with E-state index in [2.05, 4.69) is 0 Å². The molecule has 1 rings (SSSR count). The molecule has 2 unspecified atom stereocenters. The van der Waals surface area contributed by atoms with E-state index in [-0.39, 0.29) is 5.88 Å². The Morgan fingerprint density at radius 2 is 2.18 bits per heavy atom. The van der Waals surface area contributed by atoms with Gasteiger partial charge in [-0.1, -0.05) is 6.07 Å². The number of alkyl halides is 1. The molecule has 94 valence electrons. The molecule has 4 N–H and O–H groups in total. The molecule has 0 aliphatic carbocycles. The van der Waals surface area contributed by atoms with Crippen molar-refractivity contribution in [1.82, 2.24) is 0 Å². The lowest BCUT2D eigenvalue weighted by molar-refractivity contribution is -0.131. The van der Waals surface area contributed by atoms with Crippen LogP contribution in [0.1, 0.15) is 17.2 Å². The van der Waals surface area contributed by atoms with Gasteiger partial charge in [0.1, 0.15) is 11.9 Å². The number of carbonyl (C=O) groups is 1. The van der Waals surface area contributed by atoms with Crippen LogP contribution in [0.4, 0.5) is 0 Å². The zero-order valence-corrected chi connectivity index (χ0v) is 10.0. The van der Waals surface area contributed by atoms with Crippen LogP contribution in [-0.2, 0) is 10.7 Å². The third-order valence-corrected chi connectivity index (χ3v) is 2.67. The Morgan fingerprint density at radius 3 is 2.65 bits per heavy atom. The molecule has 17 heavy (non-hydrogen) atoms. The lowest BCUT2D eigenvalue weighted by Gasteiger charge is -2.16. The van der Waals surface area contributed by atoms with E-state index in [1.807, 2.05) is 0 Å². The number of methoxy groups -OCH3 is 1. The highest BCUT2D eigenvalue weighted by molar-refractivity contribution is 6.17. The van der Waals surface area contributed by atoms with Crippen LogP contribution >= 0.6 is 11.6 Å². The molecule has 2 atom stereocenters. The lowest BCUT2D eigenvalue weighted by atomic mass is 10.0. The Hall–Kier alpha value is -1.30. The maximum Gasteiger partial charge on any atom is 0.249 e. The molecule has 0 bridgehead atoms. The average Bonchev–Trinajstić information content (AvgIpc) is 2.35. The number of amides is 1. The van der Waals surface area contributed by atoms with Crippen molar-refractivity contribution in [3.05, 3.63) is 29.3 Å². The van der Waals surface area contributed by atoms with E-state index in [1.165, 1.54) is 13.2 Å². The summed E-state index contributed by atoms with van der Waals surface area (Å²) in [5, 5.41) is 19.1. The number of hydrogen-bond acceptors (Lipinski definition) is 4. The summed E-state index contributed by atoms with van der Waals surface area (Å²) in [7, 11) is 1.50. The number of nitrogens with two attached hydrogens (primary N) is 1. The zero-order valence-electron chi connectivity index (χ0n) is 9.26. The molecule has 1 aromatic carbocycles. The van der Waals surface area contributed by atoms with Crippen LogP contribution in [0.5, 0.6) is 5.75 Å². The van der Waals surface area contributed by atoms with Crippen LogP contribution in [0.3, 0.4) is 0 Å². The fourth-order valence-electron chi connectivity index (χ4n) is 1.42. The summed E-state index contributed by atoms with van der Waals surface area (Å²) in [4.78, 5) is 10.8. The summed E-state index contributed by atoms with van der Waals surface area (Å²) in [6, 6.07) is 4.69. The first-order valence-corrected chi connectivity index (χ1v) is 5.43. The molecule has 0 aliphatic heterocycles. The standard InChI is InChI=1S/C11H14ClNO4/c1-17-8-3-2-6(4-7(8)5-12)9(14)10(15)11(13)16/h2-4,9-10,14-15H,5H2,1H3,(H2,13,16). The summed E-state index contributed by atoms with van der Waals surface area (Å²) in [6.45, 7) is 0. The minimum atomic E-state index is -1.65. The number of rotatable bonds is 5. The highest BCUT2D eigenvalue weighted by Gasteiger charge is 2.23. The quantitative estimate of drug-likeness (QED) is 0.664. The molecule has 0 heterocycles. The van der Waals surface area contributed by atoms with Crippen molar-refractivity contribution < 1.29 is 19.7 Å². The second-order valence-corrected chi connectivity index (χ2v) is 3.76. The smallest absolute Gasteiger partial charge is 0.249 e. The van der Waals surface area contributed by atoms with Gasteiger partial charge in [0, 0.05) is 5.56 Å². The van der Waals surface area contributed by atoms with Gasteiger partial charge in [-0.3, -0.25) is 4.79 Å². The molecule has 1 aromatic rings. The molecule has 1 amide bonds. The van der Waals surface area contributed by atoms with Crippen molar-refractivity contribution in [2.75, 3.05) is 7.11 Å². The molecule has 0 saturated heterocycles. The van der Waals surface area contributed by atoms with Crippen molar-refractivity contribution in [3.8, 4) is 5.75 Å². The van der Waals surface area contributed by atoms with Gasteiger partial charge in [-0.2, -0.15) is 0 Å². The van der Waals surface area contributed by atoms with Crippen LogP contribution in [0, 0.1) is 0 Å². The number of hydrogen-bond donors (Lipinski definition) is 3. The normalized spacial score (nSPS) is 14.1. The number of primary amides is 1. The zero-order chi connectivity index (χ0) is 13.0. The third kappa shape index (κ3) is 3.09. The molecule has 0 aromatic heterocycles. The Bertz CT molecular complexity index is 410. The maximum atomic E-state index is 10.8. The molecule has 6 heteroatoms. The van der Waals surface area contributed by atoms with E-state index in [9.17, 15) is 15.0 Å². The minimum absolute atomic E-state index is 0.191. The number of aliphatic hydroxyl groups is 2. The van der Waals surface area contributed by atoms with Gasteiger partial charge in [-0.25, -0.2) is 0 Å². The maximum absolute atomic E-state index is 10.8. The second kappa shape index (κ2) is 5.86. The van der Waals surface area contributed by atoms with Crippen LogP contribution in [0.25, 0.3) is 0 Å². The number of carbonyl (C=O) groups excluding carboxylic acids is 1. The number of aliphatic hydroxyl groups excluding tert-OH is 2. The van der Waals surface area contributed by atoms with E-state index in [0.717, 1.165) is 0 Å². The number of benzene rings is 1. The summed E-state index contributed by atoms with van der Waals surface area (Å²) < 4.78 is 5.06. The summed E-state index contributed by atoms with van der Waals surface area (Å²) in [5.74, 6) is -0.221. The molecular weight excluding hydrogens is 246 g/mol. The Balaban J connectivity index is 3.03. The molecule has 0 aliphatic rings. The fourth-order valence-corrected chi connectivity index (χ4v) is 1.63. The van der Waals surface area contributed by atoms with Gasteiger partial charge in [0.25, 0.3) is 0 Å². The van der Waals surface area contributed by atoms with Crippen LogP contribution in [-0.4, -0.2) is 29.3 Å². The van der Waals surface area contributed by atoms with Crippen molar-refractivity contribution in [3.63, 3.8) is 0 Å². The molecule has 5 nitrogen and oxygen atoms in total. The Kier molecular flexibility index (Phi) is 4.74. The molecule has 0 spiro atoms. The Labute approximate surface area is 104 Å². The molecule has 0 radical (unpaired) electrons. The van der Waals surface area contributed by atoms with Gasteiger partial charge in [0.2, 0.25) is 5.91 Å². The fraction of sp³-hybridized carbons (Fsp3) is 0.364. The molecular formula is C11H14ClNO4. The van der Waals surface area contributed by atoms with Gasteiger partial charge in [-0.05, 0) is 17.7 Å². The first-order valence-electron chi connectivity index (χ1n) is 4.89. The van der Waals surface area contributed by atoms with E-state index in [4.69, 9.17) is 22.1 Å². The number of ether oxygens (including phenoxy) is 1. The van der Waals surface area contributed by atoms with Crippen molar-refractivity contribution >= 4 is 17.5 Å². The monoisotopic (exact) mass is 259 g/mol. The first kappa shape index (κ1) is 13.8. The predicted molar refractivity (Wildman–Crippen MR) is 62.7 cm³/mol.